The Morgan fingerprint density at radius 2 is 1.88 bits per heavy atom. The Hall–Kier alpha value is -0.0800. The number of piperidine rings is 1. The van der Waals surface area contributed by atoms with Crippen LogP contribution in [0, 0.1) is 11.8 Å². The van der Waals surface area contributed by atoms with Crippen LogP contribution in [0.1, 0.15) is 51.9 Å². The summed E-state index contributed by atoms with van der Waals surface area (Å²) in [6, 6.07) is 0.705. The molecule has 16 heavy (non-hydrogen) atoms. The number of likely N-dealkylation sites (tertiary alicyclic amines) is 1. The van der Waals surface area contributed by atoms with Crippen LogP contribution in [0.15, 0.2) is 0 Å². The molecule has 2 heteroatoms. The average Bonchev–Trinajstić information content (AvgIpc) is 2.25. The van der Waals surface area contributed by atoms with Crippen molar-refractivity contribution in [3.8, 4) is 0 Å². The average molecular weight is 224 g/mol. The molecule has 0 aromatic rings. The summed E-state index contributed by atoms with van der Waals surface area (Å²) in [5.74, 6) is 1.92. The third kappa shape index (κ3) is 2.78. The molecule has 0 radical (unpaired) electrons. The summed E-state index contributed by atoms with van der Waals surface area (Å²) >= 11 is 0. The first kappa shape index (κ1) is 12.4. The molecular weight excluding hydrogens is 196 g/mol. The minimum Gasteiger partial charge on any atom is -0.329 e. The van der Waals surface area contributed by atoms with Crippen LogP contribution in [0.5, 0.6) is 0 Å². The number of hydrogen-bond donors (Lipinski definition) is 1. The van der Waals surface area contributed by atoms with E-state index in [0.717, 1.165) is 18.4 Å². The molecule has 1 aliphatic carbocycles. The van der Waals surface area contributed by atoms with Gasteiger partial charge in [0.05, 0.1) is 0 Å². The van der Waals surface area contributed by atoms with E-state index in [0.29, 0.717) is 6.04 Å². The van der Waals surface area contributed by atoms with Crippen LogP contribution in [-0.4, -0.2) is 30.6 Å². The van der Waals surface area contributed by atoms with Crippen LogP contribution in [0.3, 0.4) is 0 Å². The Bertz CT molecular complexity index is 193. The zero-order chi connectivity index (χ0) is 11.4. The zero-order valence-electron chi connectivity index (χ0n) is 10.8. The lowest BCUT2D eigenvalue weighted by molar-refractivity contribution is 0.0664. The second kappa shape index (κ2) is 6.02. The Morgan fingerprint density at radius 3 is 2.31 bits per heavy atom. The van der Waals surface area contributed by atoms with Crippen molar-refractivity contribution in [3.63, 3.8) is 0 Å². The van der Waals surface area contributed by atoms with Crippen molar-refractivity contribution in [2.75, 3.05) is 19.6 Å². The second-order valence-electron chi connectivity index (χ2n) is 5.76. The highest BCUT2D eigenvalue weighted by Crippen LogP contribution is 2.34. The van der Waals surface area contributed by atoms with Crippen molar-refractivity contribution in [1.82, 2.24) is 4.90 Å². The zero-order valence-corrected chi connectivity index (χ0v) is 10.8. The molecule has 0 spiro atoms. The smallest absolute Gasteiger partial charge is 0.0246 e. The van der Waals surface area contributed by atoms with E-state index in [-0.39, 0.29) is 0 Å². The maximum atomic E-state index is 5.97. The molecule has 2 N–H and O–H groups in total. The Kier molecular flexibility index (Phi) is 4.66. The van der Waals surface area contributed by atoms with Gasteiger partial charge in [0.25, 0.3) is 0 Å². The van der Waals surface area contributed by atoms with Gasteiger partial charge in [-0.25, -0.2) is 0 Å². The molecule has 1 saturated carbocycles. The fourth-order valence-corrected chi connectivity index (χ4v) is 3.45. The molecule has 0 aromatic carbocycles. The van der Waals surface area contributed by atoms with Crippen LogP contribution >= 0.6 is 0 Å². The van der Waals surface area contributed by atoms with E-state index in [2.05, 4.69) is 11.8 Å². The quantitative estimate of drug-likeness (QED) is 0.778. The summed E-state index contributed by atoms with van der Waals surface area (Å²) in [7, 11) is 0. The minimum atomic E-state index is 0.705. The lowest BCUT2D eigenvalue weighted by atomic mass is 9.78. The maximum absolute atomic E-state index is 5.97. The van der Waals surface area contributed by atoms with Gasteiger partial charge in [-0.05, 0) is 50.6 Å². The van der Waals surface area contributed by atoms with Gasteiger partial charge < -0.3 is 5.73 Å². The summed E-state index contributed by atoms with van der Waals surface area (Å²) in [5, 5.41) is 0. The van der Waals surface area contributed by atoms with Gasteiger partial charge in [0.2, 0.25) is 0 Å². The van der Waals surface area contributed by atoms with E-state index >= 15 is 0 Å². The highest BCUT2D eigenvalue weighted by atomic mass is 15.2. The van der Waals surface area contributed by atoms with Crippen LogP contribution in [-0.2, 0) is 0 Å². The van der Waals surface area contributed by atoms with Crippen molar-refractivity contribution < 1.29 is 0 Å². The van der Waals surface area contributed by atoms with Gasteiger partial charge in [-0.3, -0.25) is 4.90 Å². The van der Waals surface area contributed by atoms with Gasteiger partial charge in [0.1, 0.15) is 0 Å². The molecule has 0 aromatic heterocycles. The molecule has 0 bridgehead atoms. The van der Waals surface area contributed by atoms with Gasteiger partial charge >= 0.3 is 0 Å². The van der Waals surface area contributed by atoms with Gasteiger partial charge in [-0.1, -0.05) is 26.2 Å². The monoisotopic (exact) mass is 224 g/mol. The third-order valence-electron chi connectivity index (χ3n) is 4.75. The summed E-state index contributed by atoms with van der Waals surface area (Å²) in [6.45, 7) is 5.80. The van der Waals surface area contributed by atoms with Crippen molar-refractivity contribution >= 4 is 0 Å². The topological polar surface area (TPSA) is 29.3 Å². The summed E-state index contributed by atoms with van der Waals surface area (Å²) in [6.07, 6.45) is 9.91. The van der Waals surface area contributed by atoms with Crippen molar-refractivity contribution in [1.29, 1.82) is 0 Å². The lowest BCUT2D eigenvalue weighted by Crippen LogP contribution is -2.50. The Labute approximate surface area is 101 Å². The highest BCUT2D eigenvalue weighted by Gasteiger charge is 2.32. The van der Waals surface area contributed by atoms with E-state index in [1.807, 2.05) is 0 Å². The molecule has 94 valence electrons. The number of nitrogens with two attached hydrogens (primary N) is 1. The Balaban J connectivity index is 1.77. The maximum Gasteiger partial charge on any atom is 0.0246 e. The van der Waals surface area contributed by atoms with Crippen molar-refractivity contribution in [2.24, 2.45) is 17.6 Å². The molecule has 2 nitrogen and oxygen atoms in total. The van der Waals surface area contributed by atoms with E-state index in [1.54, 1.807) is 0 Å². The lowest BCUT2D eigenvalue weighted by Gasteiger charge is -2.43. The minimum absolute atomic E-state index is 0.705. The van der Waals surface area contributed by atoms with Gasteiger partial charge in [0, 0.05) is 12.6 Å². The first-order valence-electron chi connectivity index (χ1n) is 7.29. The standard InChI is InChI=1S/C14H28N2/c1-2-4-12-7-9-16(10-8-12)14(11-15)13-5-3-6-13/h12-14H,2-11,15H2,1H3. The molecular formula is C14H28N2. The normalized spacial score (nSPS) is 26.6. The molecule has 1 aliphatic heterocycles. The number of nitrogens with zero attached hydrogens (tertiary/aromatic N) is 1. The third-order valence-corrected chi connectivity index (χ3v) is 4.75. The van der Waals surface area contributed by atoms with Gasteiger partial charge in [-0.15, -0.1) is 0 Å². The summed E-state index contributed by atoms with van der Waals surface area (Å²) < 4.78 is 0. The van der Waals surface area contributed by atoms with Crippen molar-refractivity contribution in [3.05, 3.63) is 0 Å². The molecule has 1 unspecified atom stereocenters. The van der Waals surface area contributed by atoms with Crippen LogP contribution in [0.2, 0.25) is 0 Å². The molecule has 1 saturated heterocycles. The first-order chi connectivity index (χ1) is 7.85. The highest BCUT2D eigenvalue weighted by molar-refractivity contribution is 4.87. The van der Waals surface area contributed by atoms with Crippen LogP contribution in [0.4, 0.5) is 0 Å². The summed E-state index contributed by atoms with van der Waals surface area (Å²) in [4.78, 5) is 2.69. The SMILES string of the molecule is CCCC1CCN(C(CN)C2CCC2)CC1. The first-order valence-corrected chi connectivity index (χ1v) is 7.29. The van der Waals surface area contributed by atoms with E-state index in [1.165, 1.54) is 58.0 Å². The van der Waals surface area contributed by atoms with E-state index < -0.39 is 0 Å². The van der Waals surface area contributed by atoms with E-state index in [4.69, 9.17) is 5.73 Å². The largest absolute Gasteiger partial charge is 0.329 e. The molecule has 2 rings (SSSR count). The molecule has 2 aliphatic rings. The number of rotatable bonds is 5. The summed E-state index contributed by atoms with van der Waals surface area (Å²) in [5.41, 5.74) is 5.97. The molecule has 2 fully saturated rings. The molecule has 0 amide bonds. The molecule has 1 heterocycles. The predicted octanol–water partition coefficient (Wildman–Crippen LogP) is 2.63. The fraction of sp³-hybridized carbons (Fsp3) is 1.00. The van der Waals surface area contributed by atoms with Crippen LogP contribution in [0.25, 0.3) is 0 Å². The fourth-order valence-electron chi connectivity index (χ4n) is 3.45. The molecule has 1 atom stereocenters. The number of hydrogen-bond acceptors (Lipinski definition) is 2. The van der Waals surface area contributed by atoms with Crippen LogP contribution < -0.4 is 5.73 Å². The van der Waals surface area contributed by atoms with E-state index in [9.17, 15) is 0 Å². The second-order valence-corrected chi connectivity index (χ2v) is 5.76. The predicted molar refractivity (Wildman–Crippen MR) is 69.4 cm³/mol. The van der Waals surface area contributed by atoms with Gasteiger partial charge in [-0.2, -0.15) is 0 Å². The Morgan fingerprint density at radius 1 is 1.19 bits per heavy atom. The van der Waals surface area contributed by atoms with Gasteiger partial charge in [0.15, 0.2) is 0 Å². The van der Waals surface area contributed by atoms with Crippen molar-refractivity contribution in [2.45, 2.75) is 57.9 Å².